The average Bonchev–Trinajstić information content (AvgIpc) is 3.00. The molecule has 0 radical (unpaired) electrons. The summed E-state index contributed by atoms with van der Waals surface area (Å²) < 4.78 is 1.95. The lowest BCUT2D eigenvalue weighted by molar-refractivity contribution is 0.210. The van der Waals surface area contributed by atoms with Gasteiger partial charge in [0.15, 0.2) is 5.96 Å². The molecule has 126 valence electrons. The molecule has 1 atom stereocenters. The predicted molar refractivity (Wildman–Crippen MR) is 102 cm³/mol. The Kier molecular flexibility index (Phi) is 9.45. The maximum absolute atomic E-state index is 4.28. The molecule has 1 aromatic heterocycles. The quantitative estimate of drug-likeness (QED) is 0.316. The average molecular weight is 420 g/mol. The van der Waals surface area contributed by atoms with Crippen LogP contribution >= 0.6 is 24.0 Å². The number of guanidine groups is 1. The zero-order chi connectivity index (χ0) is 14.9. The number of hydrogen-bond acceptors (Lipinski definition) is 3. The molecule has 1 unspecified atom stereocenters. The molecule has 7 heteroatoms. The van der Waals surface area contributed by atoms with Crippen LogP contribution < -0.4 is 10.6 Å². The van der Waals surface area contributed by atoms with Gasteiger partial charge in [0, 0.05) is 45.6 Å². The van der Waals surface area contributed by atoms with Gasteiger partial charge in [0.1, 0.15) is 0 Å². The smallest absolute Gasteiger partial charge is 0.190 e. The van der Waals surface area contributed by atoms with E-state index in [0.29, 0.717) is 0 Å². The van der Waals surface area contributed by atoms with Crippen LogP contribution in [0.2, 0.25) is 0 Å². The summed E-state index contributed by atoms with van der Waals surface area (Å²) in [6.45, 7) is 5.26. The fourth-order valence-electron chi connectivity index (χ4n) is 2.78. The molecule has 0 aliphatic carbocycles. The summed E-state index contributed by atoms with van der Waals surface area (Å²) in [6, 6.07) is 1.95. The van der Waals surface area contributed by atoms with E-state index in [4.69, 9.17) is 0 Å². The third-order valence-corrected chi connectivity index (χ3v) is 3.92. The Hall–Kier alpha value is -0.830. The molecule has 2 N–H and O–H groups in total. The molecule has 0 amide bonds. The number of halogens is 1. The van der Waals surface area contributed by atoms with E-state index >= 15 is 0 Å². The number of aryl methyl sites for hydroxylation is 1. The molecule has 2 heterocycles. The zero-order valence-electron chi connectivity index (χ0n) is 13.7. The van der Waals surface area contributed by atoms with Crippen LogP contribution in [-0.4, -0.2) is 60.9 Å². The lowest BCUT2D eigenvalue weighted by Crippen LogP contribution is -2.43. The van der Waals surface area contributed by atoms with Crippen LogP contribution in [0.15, 0.2) is 23.5 Å². The van der Waals surface area contributed by atoms with E-state index in [9.17, 15) is 0 Å². The van der Waals surface area contributed by atoms with Crippen molar-refractivity contribution in [3.63, 3.8) is 0 Å². The van der Waals surface area contributed by atoms with E-state index in [1.54, 1.807) is 0 Å². The molecule has 0 bridgehead atoms. The van der Waals surface area contributed by atoms with Gasteiger partial charge in [-0.15, -0.1) is 24.0 Å². The highest BCUT2D eigenvalue weighted by atomic mass is 127. The van der Waals surface area contributed by atoms with Crippen molar-refractivity contribution in [2.24, 2.45) is 10.9 Å². The normalized spacial score (nSPS) is 19.5. The van der Waals surface area contributed by atoms with Crippen molar-refractivity contribution in [2.75, 3.05) is 40.3 Å². The van der Waals surface area contributed by atoms with E-state index in [1.807, 2.05) is 30.2 Å². The lowest BCUT2D eigenvalue weighted by Gasteiger charge is -2.30. The van der Waals surface area contributed by atoms with Crippen LogP contribution in [0.25, 0.3) is 0 Å². The van der Waals surface area contributed by atoms with Crippen molar-refractivity contribution >= 4 is 29.9 Å². The molecule has 2 rings (SSSR count). The molecule has 0 aromatic carbocycles. The summed E-state index contributed by atoms with van der Waals surface area (Å²) in [7, 11) is 4.03. The topological polar surface area (TPSA) is 57.5 Å². The molecular formula is C15H29IN6. The van der Waals surface area contributed by atoms with Crippen LogP contribution in [-0.2, 0) is 6.54 Å². The maximum atomic E-state index is 4.28. The number of hydrogen-bond donors (Lipinski definition) is 2. The fourth-order valence-corrected chi connectivity index (χ4v) is 2.78. The van der Waals surface area contributed by atoms with Crippen molar-refractivity contribution in [3.8, 4) is 0 Å². The molecule has 0 spiro atoms. The summed E-state index contributed by atoms with van der Waals surface area (Å²) in [5.41, 5.74) is 0. The van der Waals surface area contributed by atoms with Crippen molar-refractivity contribution in [1.29, 1.82) is 0 Å². The minimum Gasteiger partial charge on any atom is -0.356 e. The second-order valence-corrected chi connectivity index (χ2v) is 5.77. The number of aromatic nitrogens is 2. The van der Waals surface area contributed by atoms with E-state index in [-0.39, 0.29) is 24.0 Å². The minimum atomic E-state index is 0. The Balaban J connectivity index is 0.00000242. The number of piperidine rings is 1. The molecule has 1 saturated heterocycles. The fraction of sp³-hybridized carbons (Fsp3) is 0.733. The highest BCUT2D eigenvalue weighted by Gasteiger charge is 2.16. The van der Waals surface area contributed by atoms with Gasteiger partial charge in [-0.3, -0.25) is 9.67 Å². The third kappa shape index (κ3) is 6.95. The third-order valence-electron chi connectivity index (χ3n) is 3.92. The Morgan fingerprint density at radius 2 is 2.27 bits per heavy atom. The lowest BCUT2D eigenvalue weighted by atomic mass is 9.99. The van der Waals surface area contributed by atoms with Gasteiger partial charge in [-0.05, 0) is 44.8 Å². The Morgan fingerprint density at radius 1 is 1.41 bits per heavy atom. The first-order valence-electron chi connectivity index (χ1n) is 7.88. The summed E-state index contributed by atoms with van der Waals surface area (Å²) >= 11 is 0. The summed E-state index contributed by atoms with van der Waals surface area (Å²) in [5.74, 6) is 1.63. The maximum Gasteiger partial charge on any atom is 0.190 e. The van der Waals surface area contributed by atoms with Crippen LogP contribution in [0.1, 0.15) is 19.3 Å². The second-order valence-electron chi connectivity index (χ2n) is 5.77. The Labute approximate surface area is 150 Å². The monoisotopic (exact) mass is 420 g/mol. The van der Waals surface area contributed by atoms with Gasteiger partial charge in [-0.2, -0.15) is 5.10 Å². The molecule has 6 nitrogen and oxygen atoms in total. The van der Waals surface area contributed by atoms with Gasteiger partial charge < -0.3 is 15.5 Å². The van der Waals surface area contributed by atoms with Crippen molar-refractivity contribution < 1.29 is 0 Å². The van der Waals surface area contributed by atoms with Gasteiger partial charge in [0.05, 0.1) is 0 Å². The molecule has 1 fully saturated rings. The van der Waals surface area contributed by atoms with Gasteiger partial charge >= 0.3 is 0 Å². The van der Waals surface area contributed by atoms with Gasteiger partial charge in [0.2, 0.25) is 0 Å². The number of nitrogens with zero attached hydrogens (tertiary/aromatic N) is 4. The second kappa shape index (κ2) is 10.8. The van der Waals surface area contributed by atoms with Crippen molar-refractivity contribution in [1.82, 2.24) is 25.3 Å². The Morgan fingerprint density at radius 3 is 2.95 bits per heavy atom. The molecule has 1 aliphatic rings. The van der Waals surface area contributed by atoms with E-state index in [0.717, 1.165) is 37.9 Å². The summed E-state index contributed by atoms with van der Waals surface area (Å²) in [4.78, 5) is 6.70. The van der Waals surface area contributed by atoms with E-state index < -0.39 is 0 Å². The molecule has 0 saturated carbocycles. The predicted octanol–water partition coefficient (Wildman–Crippen LogP) is 1.40. The first kappa shape index (κ1) is 19.2. The molecule has 1 aromatic rings. The highest BCUT2D eigenvalue weighted by Crippen LogP contribution is 2.13. The van der Waals surface area contributed by atoms with E-state index in [1.165, 1.54) is 25.9 Å². The van der Waals surface area contributed by atoms with Crippen LogP contribution in [0.4, 0.5) is 0 Å². The van der Waals surface area contributed by atoms with Crippen molar-refractivity contribution in [3.05, 3.63) is 18.5 Å². The van der Waals surface area contributed by atoms with Crippen LogP contribution in [0.3, 0.4) is 0 Å². The molecular weight excluding hydrogens is 391 g/mol. The van der Waals surface area contributed by atoms with Gasteiger partial charge in [-0.25, -0.2) is 0 Å². The summed E-state index contributed by atoms with van der Waals surface area (Å²) in [6.07, 6.45) is 7.46. The molecule has 22 heavy (non-hydrogen) atoms. The largest absolute Gasteiger partial charge is 0.356 e. The number of nitrogens with one attached hydrogen (secondary N) is 2. The number of rotatable bonds is 6. The first-order chi connectivity index (χ1) is 10.3. The van der Waals surface area contributed by atoms with Crippen molar-refractivity contribution in [2.45, 2.75) is 25.8 Å². The first-order valence-corrected chi connectivity index (χ1v) is 7.88. The standard InChI is InChI=1S/C15H28N6.HI/c1-16-15(17-7-4-10-21-11-5-8-19-21)18-12-14-6-3-9-20(2)13-14;/h5,8,11,14H,3-4,6-7,9-10,12-13H2,1-2H3,(H2,16,17,18);1H. The molecule has 1 aliphatic heterocycles. The minimum absolute atomic E-state index is 0. The van der Waals surface area contributed by atoms with Gasteiger partial charge in [0.25, 0.3) is 0 Å². The zero-order valence-corrected chi connectivity index (χ0v) is 16.0. The number of aliphatic imine (C=N–C) groups is 1. The summed E-state index contributed by atoms with van der Waals surface area (Å²) in [5, 5.41) is 11.0. The number of likely N-dealkylation sites (tertiary alicyclic amines) is 1. The van der Waals surface area contributed by atoms with Crippen LogP contribution in [0, 0.1) is 5.92 Å². The van der Waals surface area contributed by atoms with Gasteiger partial charge in [-0.1, -0.05) is 0 Å². The Bertz CT molecular complexity index is 420. The van der Waals surface area contributed by atoms with E-state index in [2.05, 4.69) is 32.7 Å². The van der Waals surface area contributed by atoms with Crippen LogP contribution in [0.5, 0.6) is 0 Å². The highest BCUT2D eigenvalue weighted by molar-refractivity contribution is 14.0. The SMILES string of the molecule is CN=C(NCCCn1cccn1)NCC1CCCN(C)C1.I.